The van der Waals surface area contributed by atoms with Gasteiger partial charge in [-0.15, -0.1) is 32.1 Å². The summed E-state index contributed by atoms with van der Waals surface area (Å²) < 4.78 is 4.50. The molecule has 0 atom stereocenters. The minimum absolute atomic E-state index is 0.314. The zero-order valence-electron chi connectivity index (χ0n) is 10.8. The van der Waals surface area contributed by atoms with Crippen LogP contribution in [-0.4, -0.2) is 23.7 Å². The lowest BCUT2D eigenvalue weighted by Gasteiger charge is -1.96. The molecule has 0 unspecified atom stereocenters. The van der Waals surface area contributed by atoms with E-state index in [1.165, 1.54) is 25.6 Å². The standard InChI is InChI=1S/C12H10N2O4S2/c1-5-7-9(11(15)13(5)17-3)20-10-8(19-7)6(2)14(18-4)12(10)16/h1-2H2,3-4H3. The Morgan fingerprint density at radius 2 is 1.15 bits per heavy atom. The zero-order valence-corrected chi connectivity index (χ0v) is 12.4. The van der Waals surface area contributed by atoms with Gasteiger partial charge in [-0.05, 0) is 0 Å². The fourth-order valence-electron chi connectivity index (χ4n) is 2.05. The Bertz CT molecular complexity index is 977. The number of hydrogen-bond acceptors (Lipinski definition) is 6. The van der Waals surface area contributed by atoms with Crippen molar-refractivity contribution >= 4 is 35.8 Å². The molecule has 0 N–H and O–H groups in total. The third-order valence-electron chi connectivity index (χ3n) is 2.96. The van der Waals surface area contributed by atoms with E-state index in [2.05, 4.69) is 13.2 Å². The molecule has 3 aliphatic heterocycles. The smallest absolute Gasteiger partial charge is 0.302 e. The molecule has 0 radical (unpaired) electrons. The van der Waals surface area contributed by atoms with Crippen LogP contribution in [0.15, 0.2) is 9.59 Å². The Balaban J connectivity index is 2.69. The largest absolute Gasteiger partial charge is 0.413 e. The van der Waals surface area contributed by atoms with Crippen molar-refractivity contribution < 1.29 is 9.68 Å². The summed E-state index contributed by atoms with van der Waals surface area (Å²) >= 11 is 2.40. The second-order valence-electron chi connectivity index (χ2n) is 3.98. The first-order valence-corrected chi connectivity index (χ1v) is 7.14. The Hall–Kier alpha value is -2.06. The molecule has 20 heavy (non-hydrogen) atoms. The second-order valence-corrected chi connectivity index (χ2v) is 6.02. The van der Waals surface area contributed by atoms with E-state index in [0.29, 0.717) is 28.8 Å². The lowest BCUT2D eigenvalue weighted by Crippen LogP contribution is -2.31. The average molecular weight is 310 g/mol. The van der Waals surface area contributed by atoms with Gasteiger partial charge >= 0.3 is 11.1 Å². The van der Waals surface area contributed by atoms with Crippen molar-refractivity contribution in [2.24, 2.45) is 0 Å². The molecule has 0 saturated heterocycles. The molecule has 104 valence electrons. The Morgan fingerprint density at radius 1 is 0.800 bits per heavy atom. The SMILES string of the molecule is C=c1c2sc3c(=C)n(OC)c(=O)c=3sc=2c(=O)n1OC. The van der Waals surface area contributed by atoms with Crippen molar-refractivity contribution in [3.63, 3.8) is 0 Å². The molecule has 0 aromatic heterocycles. The van der Waals surface area contributed by atoms with Crippen molar-refractivity contribution in [3.05, 3.63) is 49.5 Å². The third kappa shape index (κ3) is 1.43. The highest BCUT2D eigenvalue weighted by Gasteiger charge is 2.13. The highest BCUT2D eigenvalue weighted by Crippen LogP contribution is 2.07. The summed E-state index contributed by atoms with van der Waals surface area (Å²) in [7, 11) is 2.80. The molecule has 0 bridgehead atoms. The van der Waals surface area contributed by atoms with Crippen LogP contribution in [-0.2, 0) is 0 Å². The molecule has 0 saturated carbocycles. The first kappa shape index (κ1) is 12.9. The summed E-state index contributed by atoms with van der Waals surface area (Å²) in [4.78, 5) is 34.3. The molecule has 0 spiro atoms. The fraction of sp³-hybridized carbons (Fsp3) is 0.167. The maximum absolute atomic E-state index is 12.2. The summed E-state index contributed by atoms with van der Waals surface area (Å²) in [5, 5.41) is 0.931. The van der Waals surface area contributed by atoms with Gasteiger partial charge in [-0.25, -0.2) is 0 Å². The van der Waals surface area contributed by atoms with E-state index < -0.39 is 0 Å². The van der Waals surface area contributed by atoms with Crippen LogP contribution in [0.25, 0.3) is 13.2 Å². The zero-order chi connectivity index (χ0) is 14.6. The topological polar surface area (TPSA) is 62.5 Å². The quantitative estimate of drug-likeness (QED) is 0.579. The molecular formula is C12H10N2O4S2. The lowest BCUT2D eigenvalue weighted by atomic mass is 10.6. The minimum atomic E-state index is -0.314. The van der Waals surface area contributed by atoms with Gasteiger partial charge in [-0.1, -0.05) is 13.2 Å². The first-order valence-electron chi connectivity index (χ1n) is 5.51. The maximum atomic E-state index is 12.2. The fourth-order valence-corrected chi connectivity index (χ4v) is 4.48. The van der Waals surface area contributed by atoms with E-state index in [-0.39, 0.29) is 11.1 Å². The van der Waals surface area contributed by atoms with E-state index in [9.17, 15) is 9.59 Å². The van der Waals surface area contributed by atoms with Crippen molar-refractivity contribution in [1.29, 1.82) is 0 Å². The lowest BCUT2D eigenvalue weighted by molar-refractivity contribution is 0.152. The van der Waals surface area contributed by atoms with Crippen LogP contribution in [0.5, 0.6) is 0 Å². The van der Waals surface area contributed by atoms with Gasteiger partial charge in [0.2, 0.25) is 0 Å². The summed E-state index contributed by atoms with van der Waals surface area (Å²) in [6, 6.07) is 0. The second kappa shape index (κ2) is 4.22. The van der Waals surface area contributed by atoms with Gasteiger partial charge in [0.1, 0.15) is 23.3 Å². The number of hydrogen-bond donors (Lipinski definition) is 0. The van der Waals surface area contributed by atoms with Gasteiger partial charge in [-0.3, -0.25) is 9.59 Å². The highest BCUT2D eigenvalue weighted by atomic mass is 32.1. The maximum Gasteiger partial charge on any atom is 0.302 e. The highest BCUT2D eigenvalue weighted by molar-refractivity contribution is 7.14. The molecule has 3 heterocycles. The van der Waals surface area contributed by atoms with E-state index in [4.69, 9.17) is 9.68 Å². The molecular weight excluding hydrogens is 300 g/mol. The van der Waals surface area contributed by atoms with E-state index in [1.807, 2.05) is 0 Å². The van der Waals surface area contributed by atoms with E-state index in [1.54, 1.807) is 0 Å². The van der Waals surface area contributed by atoms with Crippen molar-refractivity contribution in [2.75, 3.05) is 14.2 Å². The van der Waals surface area contributed by atoms with Crippen LogP contribution in [0.4, 0.5) is 0 Å². The van der Waals surface area contributed by atoms with Crippen molar-refractivity contribution in [3.8, 4) is 0 Å². The summed E-state index contributed by atoms with van der Waals surface area (Å²) in [6.07, 6.45) is 0. The van der Waals surface area contributed by atoms with Crippen LogP contribution in [0.1, 0.15) is 0 Å². The molecule has 3 aliphatic rings. The van der Waals surface area contributed by atoms with Gasteiger partial charge in [0.25, 0.3) is 0 Å². The van der Waals surface area contributed by atoms with Gasteiger partial charge in [-0.2, -0.15) is 0 Å². The van der Waals surface area contributed by atoms with Crippen molar-refractivity contribution in [2.45, 2.75) is 0 Å². The number of aromatic nitrogens is 2. The average Bonchev–Trinajstić information content (AvgIpc) is 2.82. The monoisotopic (exact) mass is 310 g/mol. The number of nitrogens with zero attached hydrogens (tertiary/aromatic N) is 2. The first-order chi connectivity index (χ1) is 9.51. The van der Waals surface area contributed by atoms with Crippen LogP contribution < -0.4 is 31.5 Å². The van der Waals surface area contributed by atoms with Gasteiger partial charge in [0, 0.05) is 0 Å². The Kier molecular flexibility index (Phi) is 2.73. The summed E-state index contributed by atoms with van der Waals surface area (Å²) in [6.45, 7) is 7.69. The minimum Gasteiger partial charge on any atom is -0.413 e. The van der Waals surface area contributed by atoms with Crippen LogP contribution in [0, 0.1) is 18.1 Å². The van der Waals surface area contributed by atoms with Gasteiger partial charge in [0.15, 0.2) is 0 Å². The predicted octanol–water partition coefficient (Wildman–Crippen LogP) is -1.48. The third-order valence-corrected chi connectivity index (χ3v) is 5.67. The molecule has 8 heteroatoms. The van der Waals surface area contributed by atoms with E-state index >= 15 is 0 Å². The number of rotatable bonds is 2. The molecule has 0 fully saturated rings. The van der Waals surface area contributed by atoms with Gasteiger partial charge < -0.3 is 9.68 Å². The van der Waals surface area contributed by atoms with Crippen LogP contribution >= 0.6 is 22.7 Å². The summed E-state index contributed by atoms with van der Waals surface area (Å²) in [5.74, 6) is 0. The van der Waals surface area contributed by atoms with Crippen LogP contribution in [0.2, 0.25) is 0 Å². The molecule has 0 aromatic rings. The molecule has 6 nitrogen and oxygen atoms in total. The van der Waals surface area contributed by atoms with Crippen LogP contribution in [0.3, 0.4) is 0 Å². The molecule has 3 rings (SSSR count). The Morgan fingerprint density at radius 3 is 1.50 bits per heavy atom. The summed E-state index contributed by atoms with van der Waals surface area (Å²) in [5.41, 5.74) is -0.628. The van der Waals surface area contributed by atoms with Crippen molar-refractivity contribution in [1.82, 2.24) is 9.46 Å². The molecule has 0 aromatic carbocycles. The Labute approximate surface area is 119 Å². The molecule has 0 amide bonds. The molecule has 0 aliphatic carbocycles. The normalized spacial score (nSPS) is 11.3. The van der Waals surface area contributed by atoms with E-state index in [0.717, 1.165) is 20.8 Å². The van der Waals surface area contributed by atoms with Gasteiger partial charge in [0.05, 0.1) is 19.8 Å². The predicted molar refractivity (Wildman–Crippen MR) is 76.6 cm³/mol.